The summed E-state index contributed by atoms with van der Waals surface area (Å²) < 4.78 is 27.9. The first-order valence-electron chi connectivity index (χ1n) is 8.21. The fourth-order valence-corrected chi connectivity index (χ4v) is 4.16. The van der Waals surface area contributed by atoms with Crippen molar-refractivity contribution in [1.82, 2.24) is 9.29 Å². The zero-order valence-electron chi connectivity index (χ0n) is 14.4. The summed E-state index contributed by atoms with van der Waals surface area (Å²) in [6.45, 7) is 6.81. The molecule has 1 N–H and O–H groups in total. The van der Waals surface area contributed by atoms with Crippen LogP contribution in [0.4, 0.5) is 5.82 Å². The van der Waals surface area contributed by atoms with Gasteiger partial charge in [-0.2, -0.15) is 4.31 Å². The van der Waals surface area contributed by atoms with E-state index < -0.39 is 10.0 Å². The Labute approximate surface area is 144 Å². The van der Waals surface area contributed by atoms with E-state index in [0.29, 0.717) is 18.9 Å². The second-order valence-electron chi connectivity index (χ2n) is 5.91. The monoisotopic (exact) mass is 347 g/mol. The molecule has 0 saturated heterocycles. The Morgan fingerprint density at radius 3 is 2.46 bits per heavy atom. The highest BCUT2D eigenvalue weighted by molar-refractivity contribution is 7.89. The van der Waals surface area contributed by atoms with E-state index in [9.17, 15) is 8.42 Å². The quantitative estimate of drug-likeness (QED) is 0.794. The van der Waals surface area contributed by atoms with Crippen molar-refractivity contribution in [3.05, 3.63) is 54.2 Å². The Morgan fingerprint density at radius 2 is 1.83 bits per heavy atom. The summed E-state index contributed by atoms with van der Waals surface area (Å²) >= 11 is 0. The maximum atomic E-state index is 13.2. The van der Waals surface area contributed by atoms with Crippen molar-refractivity contribution < 1.29 is 8.42 Å². The zero-order valence-corrected chi connectivity index (χ0v) is 15.3. The van der Waals surface area contributed by atoms with E-state index in [0.717, 1.165) is 12.0 Å². The number of anilines is 1. The van der Waals surface area contributed by atoms with E-state index in [1.54, 1.807) is 18.3 Å². The van der Waals surface area contributed by atoms with Gasteiger partial charge in [-0.1, -0.05) is 37.3 Å². The lowest BCUT2D eigenvalue weighted by Crippen LogP contribution is -2.36. The van der Waals surface area contributed by atoms with Crippen LogP contribution in [0.1, 0.15) is 32.8 Å². The largest absolute Gasteiger partial charge is 0.369 e. The van der Waals surface area contributed by atoms with Gasteiger partial charge in [0, 0.05) is 25.3 Å². The van der Waals surface area contributed by atoms with Gasteiger partial charge in [0.1, 0.15) is 10.7 Å². The van der Waals surface area contributed by atoms with Crippen LogP contribution in [0.2, 0.25) is 0 Å². The summed E-state index contributed by atoms with van der Waals surface area (Å²) in [5.74, 6) is 0.415. The van der Waals surface area contributed by atoms with Gasteiger partial charge in [-0.25, -0.2) is 13.4 Å². The third-order valence-corrected chi connectivity index (χ3v) is 5.71. The van der Waals surface area contributed by atoms with Gasteiger partial charge in [0.25, 0.3) is 0 Å². The van der Waals surface area contributed by atoms with Crippen molar-refractivity contribution in [3.8, 4) is 0 Å². The van der Waals surface area contributed by atoms with Crippen LogP contribution in [0.15, 0.2) is 53.6 Å². The second kappa shape index (κ2) is 8.26. The summed E-state index contributed by atoms with van der Waals surface area (Å²) in [5, 5.41) is 3.11. The number of rotatable bonds is 8. The van der Waals surface area contributed by atoms with Crippen LogP contribution >= 0.6 is 0 Å². The van der Waals surface area contributed by atoms with E-state index in [1.165, 1.54) is 4.31 Å². The van der Waals surface area contributed by atoms with Crippen LogP contribution in [-0.2, 0) is 16.6 Å². The topological polar surface area (TPSA) is 62.3 Å². The molecule has 0 fully saturated rings. The molecular formula is C18H25N3O2S. The maximum Gasteiger partial charge on any atom is 0.247 e. The minimum absolute atomic E-state index is 0.158. The molecule has 6 heteroatoms. The highest BCUT2D eigenvalue weighted by Gasteiger charge is 2.29. The van der Waals surface area contributed by atoms with Crippen molar-refractivity contribution in [1.29, 1.82) is 0 Å². The molecule has 2 aromatic rings. The van der Waals surface area contributed by atoms with Gasteiger partial charge < -0.3 is 5.32 Å². The lowest BCUT2D eigenvalue weighted by atomic mass is 10.2. The minimum Gasteiger partial charge on any atom is -0.369 e. The molecule has 0 aliphatic heterocycles. The SMILES string of the molecule is CCCNc1ncccc1S(=O)(=O)N(Cc1ccccc1)C(C)C. The van der Waals surface area contributed by atoms with Crippen LogP contribution in [0.25, 0.3) is 0 Å². The maximum absolute atomic E-state index is 13.2. The molecule has 0 unspecified atom stereocenters. The van der Waals surface area contributed by atoms with Crippen molar-refractivity contribution in [2.45, 2.75) is 44.7 Å². The van der Waals surface area contributed by atoms with Gasteiger partial charge in [0.15, 0.2) is 0 Å². The van der Waals surface area contributed by atoms with Crippen molar-refractivity contribution in [2.75, 3.05) is 11.9 Å². The van der Waals surface area contributed by atoms with E-state index in [4.69, 9.17) is 0 Å². The lowest BCUT2D eigenvalue weighted by molar-refractivity contribution is 0.348. The van der Waals surface area contributed by atoms with Gasteiger partial charge in [-0.3, -0.25) is 0 Å². The lowest BCUT2D eigenvalue weighted by Gasteiger charge is -2.27. The number of aromatic nitrogens is 1. The van der Waals surface area contributed by atoms with Gasteiger partial charge in [0.05, 0.1) is 0 Å². The molecule has 24 heavy (non-hydrogen) atoms. The zero-order chi connectivity index (χ0) is 17.6. The average Bonchev–Trinajstić information content (AvgIpc) is 2.58. The molecule has 0 spiro atoms. The van der Waals surface area contributed by atoms with Crippen LogP contribution in [0.3, 0.4) is 0 Å². The van der Waals surface area contributed by atoms with Gasteiger partial charge in [-0.15, -0.1) is 0 Å². The van der Waals surface area contributed by atoms with Crippen molar-refractivity contribution >= 4 is 15.8 Å². The number of nitrogens with zero attached hydrogens (tertiary/aromatic N) is 2. The molecule has 1 heterocycles. The third-order valence-electron chi connectivity index (χ3n) is 3.66. The first-order valence-corrected chi connectivity index (χ1v) is 9.65. The number of nitrogens with one attached hydrogen (secondary N) is 1. The molecule has 5 nitrogen and oxygen atoms in total. The van der Waals surface area contributed by atoms with Crippen LogP contribution in [0.5, 0.6) is 0 Å². The standard InChI is InChI=1S/C18H25N3O2S/c1-4-12-19-18-17(11-8-13-20-18)24(22,23)21(15(2)3)14-16-9-6-5-7-10-16/h5-11,13,15H,4,12,14H2,1-3H3,(H,19,20). The number of pyridine rings is 1. The van der Waals surface area contributed by atoms with Crippen LogP contribution < -0.4 is 5.32 Å². The Balaban J connectivity index is 2.38. The minimum atomic E-state index is -3.65. The molecule has 1 aromatic heterocycles. The van der Waals surface area contributed by atoms with Crippen LogP contribution in [0, 0.1) is 0 Å². The Hall–Kier alpha value is -1.92. The normalized spacial score (nSPS) is 11.9. The second-order valence-corrected chi connectivity index (χ2v) is 7.77. The molecule has 130 valence electrons. The molecule has 0 amide bonds. The number of hydrogen-bond acceptors (Lipinski definition) is 4. The van der Waals surface area contributed by atoms with Gasteiger partial charge >= 0.3 is 0 Å². The molecule has 0 saturated carbocycles. The summed E-state index contributed by atoms with van der Waals surface area (Å²) in [5.41, 5.74) is 0.960. The van der Waals surface area contributed by atoms with E-state index >= 15 is 0 Å². The molecule has 0 aliphatic carbocycles. The molecule has 0 atom stereocenters. The van der Waals surface area contributed by atoms with E-state index in [2.05, 4.69) is 10.3 Å². The average molecular weight is 347 g/mol. The highest BCUT2D eigenvalue weighted by Crippen LogP contribution is 2.25. The summed E-state index contributed by atoms with van der Waals surface area (Å²) in [7, 11) is -3.65. The molecule has 0 radical (unpaired) electrons. The molecule has 2 rings (SSSR count). The fourth-order valence-electron chi connectivity index (χ4n) is 2.41. The summed E-state index contributed by atoms with van der Waals surface area (Å²) in [6, 6.07) is 12.7. The van der Waals surface area contributed by atoms with Gasteiger partial charge in [0.2, 0.25) is 10.0 Å². The predicted molar refractivity (Wildman–Crippen MR) is 97.3 cm³/mol. The Bertz CT molecular complexity index is 746. The van der Waals surface area contributed by atoms with E-state index in [-0.39, 0.29) is 10.9 Å². The van der Waals surface area contributed by atoms with Crippen LogP contribution in [-0.4, -0.2) is 30.3 Å². The number of sulfonamides is 1. The summed E-state index contributed by atoms with van der Waals surface area (Å²) in [4.78, 5) is 4.44. The Morgan fingerprint density at radius 1 is 1.12 bits per heavy atom. The molecule has 1 aromatic carbocycles. The number of benzene rings is 1. The first kappa shape index (κ1) is 18.4. The summed E-state index contributed by atoms with van der Waals surface area (Å²) in [6.07, 6.45) is 2.50. The smallest absolute Gasteiger partial charge is 0.247 e. The van der Waals surface area contributed by atoms with E-state index in [1.807, 2.05) is 51.1 Å². The van der Waals surface area contributed by atoms with Gasteiger partial charge in [-0.05, 0) is 38.0 Å². The third kappa shape index (κ3) is 4.33. The fraction of sp³-hybridized carbons (Fsp3) is 0.389. The number of hydrogen-bond donors (Lipinski definition) is 1. The van der Waals surface area contributed by atoms with Crippen molar-refractivity contribution in [2.24, 2.45) is 0 Å². The van der Waals surface area contributed by atoms with Crippen molar-refractivity contribution in [3.63, 3.8) is 0 Å². The predicted octanol–water partition coefficient (Wildman–Crippen LogP) is 3.50. The molecular weight excluding hydrogens is 322 g/mol. The first-order chi connectivity index (χ1) is 11.5. The molecule has 0 aliphatic rings. The Kier molecular flexibility index (Phi) is 6.34. The highest BCUT2D eigenvalue weighted by atomic mass is 32.2. The molecule has 0 bridgehead atoms.